The molecule has 0 aromatic carbocycles. The van der Waals surface area contributed by atoms with Crippen molar-refractivity contribution in [2.24, 2.45) is 0 Å². The number of piperidine rings is 1. The molecule has 0 aliphatic carbocycles. The highest BCUT2D eigenvalue weighted by molar-refractivity contribution is 7.91. The van der Waals surface area contributed by atoms with E-state index >= 15 is 0 Å². The van der Waals surface area contributed by atoms with Crippen LogP contribution in [0.2, 0.25) is 0 Å². The SMILES string of the molecule is O=C(c1cccnc1N1CCN(C2CCS(=O)(=O)C2)CC1)N1CCCCC1. The summed E-state index contributed by atoms with van der Waals surface area (Å²) in [4.78, 5) is 23.9. The molecule has 1 aromatic rings. The minimum absolute atomic E-state index is 0.0853. The quantitative estimate of drug-likeness (QED) is 0.765. The first kappa shape index (κ1) is 18.7. The summed E-state index contributed by atoms with van der Waals surface area (Å²) in [5.41, 5.74) is 0.691. The Kier molecular flexibility index (Phi) is 5.36. The number of likely N-dealkylation sites (tertiary alicyclic amines) is 1. The molecule has 7 nitrogen and oxygen atoms in total. The van der Waals surface area contributed by atoms with Gasteiger partial charge in [0.1, 0.15) is 5.82 Å². The molecule has 0 N–H and O–H groups in total. The lowest BCUT2D eigenvalue weighted by Gasteiger charge is -2.39. The molecule has 3 aliphatic rings. The van der Waals surface area contributed by atoms with Gasteiger partial charge in [-0.25, -0.2) is 13.4 Å². The molecule has 1 amide bonds. The van der Waals surface area contributed by atoms with Gasteiger partial charge < -0.3 is 9.80 Å². The van der Waals surface area contributed by atoms with Crippen LogP contribution in [0.4, 0.5) is 5.82 Å². The van der Waals surface area contributed by atoms with Gasteiger partial charge in [0.2, 0.25) is 0 Å². The van der Waals surface area contributed by atoms with Crippen LogP contribution in [0, 0.1) is 0 Å². The van der Waals surface area contributed by atoms with Crippen LogP contribution in [0.15, 0.2) is 18.3 Å². The van der Waals surface area contributed by atoms with Crippen molar-refractivity contribution < 1.29 is 13.2 Å². The summed E-state index contributed by atoms with van der Waals surface area (Å²) in [5.74, 6) is 1.45. The number of rotatable bonds is 3. The summed E-state index contributed by atoms with van der Waals surface area (Å²) in [6.07, 6.45) is 5.83. The molecule has 1 unspecified atom stereocenters. The first-order valence-corrected chi connectivity index (χ1v) is 11.8. The molecule has 8 heteroatoms. The zero-order valence-corrected chi connectivity index (χ0v) is 16.5. The Balaban J connectivity index is 1.43. The fourth-order valence-corrected chi connectivity index (χ4v) is 6.21. The lowest BCUT2D eigenvalue weighted by molar-refractivity contribution is 0.0724. The Hall–Kier alpha value is -1.67. The highest BCUT2D eigenvalue weighted by atomic mass is 32.2. The van der Waals surface area contributed by atoms with Crippen LogP contribution in [0.5, 0.6) is 0 Å². The number of hydrogen-bond acceptors (Lipinski definition) is 6. The van der Waals surface area contributed by atoms with Crippen LogP contribution in [-0.4, -0.2) is 85.9 Å². The number of sulfone groups is 1. The van der Waals surface area contributed by atoms with Gasteiger partial charge in [-0.15, -0.1) is 0 Å². The summed E-state index contributed by atoms with van der Waals surface area (Å²) in [6.45, 7) is 4.83. The molecule has 4 heterocycles. The Morgan fingerprint density at radius 2 is 1.78 bits per heavy atom. The highest BCUT2D eigenvalue weighted by Crippen LogP contribution is 2.24. The van der Waals surface area contributed by atoms with Gasteiger partial charge in [0.25, 0.3) is 5.91 Å². The van der Waals surface area contributed by atoms with Gasteiger partial charge in [-0.05, 0) is 37.8 Å². The smallest absolute Gasteiger partial charge is 0.257 e. The third-order valence-electron chi connectivity index (χ3n) is 6.00. The van der Waals surface area contributed by atoms with Crippen molar-refractivity contribution in [3.8, 4) is 0 Å². The maximum absolute atomic E-state index is 13.0. The molecular weight excluding hydrogens is 364 g/mol. The minimum Gasteiger partial charge on any atom is -0.353 e. The number of aromatic nitrogens is 1. The second-order valence-corrected chi connectivity index (χ2v) is 10.0. The topological polar surface area (TPSA) is 73.8 Å². The zero-order valence-electron chi connectivity index (χ0n) is 15.7. The Morgan fingerprint density at radius 3 is 2.44 bits per heavy atom. The average Bonchev–Trinajstić information content (AvgIpc) is 3.08. The Morgan fingerprint density at radius 1 is 1.04 bits per heavy atom. The molecule has 0 bridgehead atoms. The van der Waals surface area contributed by atoms with Gasteiger partial charge in [-0.3, -0.25) is 9.69 Å². The lowest BCUT2D eigenvalue weighted by Crippen LogP contribution is -2.51. The van der Waals surface area contributed by atoms with Gasteiger partial charge in [-0.2, -0.15) is 0 Å². The predicted molar refractivity (Wildman–Crippen MR) is 105 cm³/mol. The molecule has 1 atom stereocenters. The van der Waals surface area contributed by atoms with Gasteiger partial charge in [0.15, 0.2) is 9.84 Å². The average molecular weight is 393 g/mol. The van der Waals surface area contributed by atoms with Crippen molar-refractivity contribution in [3.05, 3.63) is 23.9 Å². The lowest BCUT2D eigenvalue weighted by atomic mass is 10.1. The normalized spacial score (nSPS) is 26.3. The second kappa shape index (κ2) is 7.75. The maximum Gasteiger partial charge on any atom is 0.257 e. The van der Waals surface area contributed by atoms with E-state index in [4.69, 9.17) is 0 Å². The summed E-state index contributed by atoms with van der Waals surface area (Å²) in [6, 6.07) is 3.87. The van der Waals surface area contributed by atoms with Crippen LogP contribution >= 0.6 is 0 Å². The van der Waals surface area contributed by atoms with Gasteiger partial charge in [-0.1, -0.05) is 0 Å². The molecule has 3 saturated heterocycles. The van der Waals surface area contributed by atoms with E-state index in [2.05, 4.69) is 14.8 Å². The summed E-state index contributed by atoms with van der Waals surface area (Å²) in [7, 11) is -2.86. The standard InChI is InChI=1S/C19H28N4O3S/c24-19(23-8-2-1-3-9-23)17-5-4-7-20-18(17)22-12-10-21(11-13-22)16-6-14-27(25,26)15-16/h4-5,7,16H,1-3,6,8-15H2. The Bertz CT molecular complexity index is 784. The van der Waals surface area contributed by atoms with Crippen LogP contribution in [-0.2, 0) is 9.84 Å². The number of hydrogen-bond donors (Lipinski definition) is 0. The minimum atomic E-state index is -2.86. The molecule has 27 heavy (non-hydrogen) atoms. The molecule has 3 fully saturated rings. The maximum atomic E-state index is 13.0. The molecule has 3 aliphatic heterocycles. The van der Waals surface area contributed by atoms with E-state index in [1.165, 1.54) is 6.42 Å². The highest BCUT2D eigenvalue weighted by Gasteiger charge is 2.34. The number of amides is 1. The molecule has 0 radical (unpaired) electrons. The Labute approximate surface area is 161 Å². The van der Waals surface area contributed by atoms with Crippen LogP contribution in [0.3, 0.4) is 0 Å². The van der Waals surface area contributed by atoms with Crippen molar-refractivity contribution in [3.63, 3.8) is 0 Å². The number of carbonyl (C=O) groups is 1. The first-order chi connectivity index (χ1) is 13.0. The van der Waals surface area contributed by atoms with Gasteiger partial charge >= 0.3 is 0 Å². The van der Waals surface area contributed by atoms with Crippen LogP contribution < -0.4 is 4.90 Å². The summed E-state index contributed by atoms with van der Waals surface area (Å²) < 4.78 is 23.5. The van der Waals surface area contributed by atoms with E-state index in [9.17, 15) is 13.2 Å². The number of nitrogens with zero attached hydrogens (tertiary/aromatic N) is 4. The van der Waals surface area contributed by atoms with E-state index in [1.807, 2.05) is 17.0 Å². The largest absolute Gasteiger partial charge is 0.353 e. The fraction of sp³-hybridized carbons (Fsp3) is 0.684. The first-order valence-electron chi connectivity index (χ1n) is 9.97. The van der Waals surface area contributed by atoms with Crippen molar-refractivity contribution >= 4 is 21.6 Å². The van der Waals surface area contributed by atoms with Crippen molar-refractivity contribution in [1.82, 2.24) is 14.8 Å². The molecule has 0 spiro atoms. The van der Waals surface area contributed by atoms with Gasteiger partial charge in [0, 0.05) is 51.5 Å². The number of anilines is 1. The van der Waals surface area contributed by atoms with Crippen LogP contribution in [0.25, 0.3) is 0 Å². The molecule has 148 valence electrons. The van der Waals surface area contributed by atoms with Crippen molar-refractivity contribution in [1.29, 1.82) is 0 Å². The van der Waals surface area contributed by atoms with Crippen molar-refractivity contribution in [2.75, 3.05) is 55.7 Å². The summed E-state index contributed by atoms with van der Waals surface area (Å²) >= 11 is 0. The van der Waals surface area contributed by atoms with Crippen molar-refractivity contribution in [2.45, 2.75) is 31.7 Å². The monoisotopic (exact) mass is 392 g/mol. The predicted octanol–water partition coefficient (Wildman–Crippen LogP) is 1.02. The van der Waals surface area contributed by atoms with E-state index in [-0.39, 0.29) is 17.7 Å². The fourth-order valence-electron chi connectivity index (χ4n) is 4.45. The molecule has 1 aromatic heterocycles. The molecular formula is C19H28N4O3S. The molecule has 4 rings (SSSR count). The van der Waals surface area contributed by atoms with E-state index in [1.54, 1.807) is 6.20 Å². The zero-order chi connectivity index (χ0) is 18.9. The second-order valence-electron chi connectivity index (χ2n) is 7.81. The third-order valence-corrected chi connectivity index (χ3v) is 7.75. The number of piperazine rings is 1. The van der Waals surface area contributed by atoms with E-state index in [0.29, 0.717) is 11.3 Å². The molecule has 0 saturated carbocycles. The number of carbonyl (C=O) groups excluding carboxylic acids is 1. The van der Waals surface area contributed by atoms with Crippen LogP contribution in [0.1, 0.15) is 36.0 Å². The third kappa shape index (κ3) is 4.11. The summed E-state index contributed by atoms with van der Waals surface area (Å²) in [5, 5.41) is 0. The van der Waals surface area contributed by atoms with E-state index in [0.717, 1.165) is 64.3 Å². The number of pyridine rings is 1. The van der Waals surface area contributed by atoms with Gasteiger partial charge in [0.05, 0.1) is 17.1 Å². The van der Waals surface area contributed by atoms with E-state index < -0.39 is 9.84 Å².